The molecule has 0 fully saturated rings. The summed E-state index contributed by atoms with van der Waals surface area (Å²) in [5.74, 6) is 0.376. The van der Waals surface area contributed by atoms with Crippen LogP contribution in [0, 0.1) is 0 Å². The highest BCUT2D eigenvalue weighted by atomic mass is 79.9. The summed E-state index contributed by atoms with van der Waals surface area (Å²) in [5.41, 5.74) is 6.22. The van der Waals surface area contributed by atoms with Gasteiger partial charge in [0.2, 0.25) is 0 Å². The number of nitrogens with zero attached hydrogens (tertiary/aromatic N) is 3. The summed E-state index contributed by atoms with van der Waals surface area (Å²) >= 11 is 9.09. The van der Waals surface area contributed by atoms with E-state index in [1.54, 1.807) is 10.7 Å². The second-order valence-electron chi connectivity index (χ2n) is 2.22. The minimum absolute atomic E-state index is 0.376. The Labute approximate surface area is 81.5 Å². The molecule has 12 heavy (non-hydrogen) atoms. The lowest BCUT2D eigenvalue weighted by atomic mass is 10.5. The molecule has 2 heterocycles. The first-order valence-corrected chi connectivity index (χ1v) is 4.30. The number of halogens is 2. The summed E-state index contributed by atoms with van der Waals surface area (Å²) in [5, 5.41) is 4.50. The Hall–Kier alpha value is -0.810. The summed E-state index contributed by atoms with van der Waals surface area (Å²) < 4.78 is 2.31. The van der Waals surface area contributed by atoms with Crippen molar-refractivity contribution in [2.75, 3.05) is 5.73 Å². The van der Waals surface area contributed by atoms with Crippen molar-refractivity contribution in [3.05, 3.63) is 22.0 Å². The number of hydrogen-bond donors (Lipinski definition) is 1. The Bertz CT molecular complexity index is 438. The van der Waals surface area contributed by atoms with Gasteiger partial charge in [0.25, 0.3) is 0 Å². The molecule has 2 N–H and O–H groups in total. The fourth-order valence-corrected chi connectivity index (χ4v) is 1.55. The molecule has 0 saturated heterocycles. The van der Waals surface area contributed by atoms with Crippen LogP contribution in [0.15, 0.2) is 17.0 Å². The maximum atomic E-state index is 5.83. The first-order chi connectivity index (χ1) is 5.70. The van der Waals surface area contributed by atoms with Crippen LogP contribution >= 0.6 is 27.5 Å². The molecule has 0 aromatic carbocycles. The first-order valence-electron chi connectivity index (χ1n) is 3.13. The van der Waals surface area contributed by atoms with Crippen LogP contribution in [0.2, 0.25) is 5.02 Å². The SMILES string of the molecule is Nc1ncc(Br)n2ncc(Cl)c12. The number of rotatable bonds is 0. The molecule has 0 aliphatic heterocycles. The van der Waals surface area contributed by atoms with E-state index < -0.39 is 0 Å². The zero-order chi connectivity index (χ0) is 8.72. The quantitative estimate of drug-likeness (QED) is 0.771. The smallest absolute Gasteiger partial charge is 0.151 e. The van der Waals surface area contributed by atoms with E-state index in [2.05, 4.69) is 26.0 Å². The molecule has 4 nitrogen and oxygen atoms in total. The lowest BCUT2D eigenvalue weighted by Gasteiger charge is -1.98. The van der Waals surface area contributed by atoms with Gasteiger partial charge in [-0.05, 0) is 15.9 Å². The minimum atomic E-state index is 0.376. The van der Waals surface area contributed by atoms with Gasteiger partial charge in [-0.3, -0.25) is 0 Å². The van der Waals surface area contributed by atoms with Gasteiger partial charge in [0, 0.05) is 0 Å². The standard InChI is InChI=1S/C6H4BrClN4/c7-4-2-10-6(9)5-3(8)1-11-12(4)5/h1-2H,(H2,9,10). The van der Waals surface area contributed by atoms with Gasteiger partial charge in [-0.15, -0.1) is 0 Å². The van der Waals surface area contributed by atoms with E-state index in [-0.39, 0.29) is 0 Å². The third kappa shape index (κ3) is 0.971. The average molecular weight is 247 g/mol. The number of fused-ring (bicyclic) bond motifs is 1. The maximum Gasteiger partial charge on any atom is 0.151 e. The fourth-order valence-electron chi connectivity index (χ4n) is 0.960. The number of anilines is 1. The number of aromatic nitrogens is 3. The molecule has 0 unspecified atom stereocenters. The summed E-state index contributed by atoms with van der Waals surface area (Å²) in [6.45, 7) is 0. The largest absolute Gasteiger partial charge is 0.382 e. The molecular weight excluding hydrogens is 243 g/mol. The summed E-state index contributed by atoms with van der Waals surface area (Å²) in [4.78, 5) is 3.93. The van der Waals surface area contributed by atoms with Gasteiger partial charge in [0.1, 0.15) is 10.1 Å². The van der Waals surface area contributed by atoms with Crippen LogP contribution in [0.1, 0.15) is 0 Å². The lowest BCUT2D eigenvalue weighted by molar-refractivity contribution is 0.922. The fraction of sp³-hybridized carbons (Fsp3) is 0. The number of nitrogens with two attached hydrogens (primary N) is 1. The Kier molecular flexibility index (Phi) is 1.69. The van der Waals surface area contributed by atoms with Crippen molar-refractivity contribution in [3.63, 3.8) is 0 Å². The Morgan fingerprint density at radius 1 is 1.50 bits per heavy atom. The summed E-state index contributed by atoms with van der Waals surface area (Å²) in [6, 6.07) is 0. The van der Waals surface area contributed by atoms with E-state index in [9.17, 15) is 0 Å². The molecular formula is C6H4BrClN4. The Morgan fingerprint density at radius 2 is 2.25 bits per heavy atom. The van der Waals surface area contributed by atoms with Crippen molar-refractivity contribution in [2.24, 2.45) is 0 Å². The van der Waals surface area contributed by atoms with Crippen molar-refractivity contribution in [2.45, 2.75) is 0 Å². The highest BCUT2D eigenvalue weighted by Gasteiger charge is 2.08. The van der Waals surface area contributed by atoms with Crippen molar-refractivity contribution in [1.29, 1.82) is 0 Å². The zero-order valence-electron chi connectivity index (χ0n) is 5.83. The monoisotopic (exact) mass is 246 g/mol. The van der Waals surface area contributed by atoms with Gasteiger partial charge in [-0.1, -0.05) is 11.6 Å². The molecule has 0 radical (unpaired) electrons. The predicted octanol–water partition coefficient (Wildman–Crippen LogP) is 1.73. The van der Waals surface area contributed by atoms with Gasteiger partial charge in [0.15, 0.2) is 5.82 Å². The Balaban J connectivity index is 2.98. The van der Waals surface area contributed by atoms with Crippen LogP contribution in [-0.4, -0.2) is 14.6 Å². The van der Waals surface area contributed by atoms with Crippen LogP contribution in [-0.2, 0) is 0 Å². The molecule has 0 spiro atoms. The third-order valence-corrected chi connectivity index (χ3v) is 2.30. The summed E-state index contributed by atoms with van der Waals surface area (Å²) in [6.07, 6.45) is 3.10. The van der Waals surface area contributed by atoms with E-state index in [1.807, 2.05) is 0 Å². The topological polar surface area (TPSA) is 56.2 Å². The second-order valence-corrected chi connectivity index (χ2v) is 3.44. The molecule has 0 saturated carbocycles. The molecule has 0 aliphatic carbocycles. The molecule has 0 amide bonds. The lowest BCUT2D eigenvalue weighted by Crippen LogP contribution is -1.97. The van der Waals surface area contributed by atoms with Crippen LogP contribution in [0.4, 0.5) is 5.82 Å². The Morgan fingerprint density at radius 3 is 2.92 bits per heavy atom. The molecule has 0 bridgehead atoms. The predicted molar refractivity (Wildman–Crippen MR) is 50.1 cm³/mol. The van der Waals surface area contributed by atoms with Crippen LogP contribution in [0.25, 0.3) is 5.52 Å². The van der Waals surface area contributed by atoms with E-state index in [4.69, 9.17) is 17.3 Å². The van der Waals surface area contributed by atoms with Gasteiger partial charge in [0.05, 0.1) is 17.4 Å². The van der Waals surface area contributed by atoms with Gasteiger partial charge in [-0.2, -0.15) is 5.10 Å². The molecule has 0 aliphatic rings. The van der Waals surface area contributed by atoms with Crippen molar-refractivity contribution in [1.82, 2.24) is 14.6 Å². The second kappa shape index (κ2) is 2.60. The van der Waals surface area contributed by atoms with Crippen molar-refractivity contribution in [3.8, 4) is 0 Å². The average Bonchev–Trinajstić information content (AvgIpc) is 2.42. The normalized spacial score (nSPS) is 10.8. The van der Waals surface area contributed by atoms with Crippen molar-refractivity contribution < 1.29 is 0 Å². The van der Waals surface area contributed by atoms with E-state index in [0.29, 0.717) is 16.4 Å². The first kappa shape index (κ1) is 7.82. The highest BCUT2D eigenvalue weighted by Crippen LogP contribution is 2.23. The molecule has 2 aromatic heterocycles. The third-order valence-electron chi connectivity index (χ3n) is 1.48. The highest BCUT2D eigenvalue weighted by molar-refractivity contribution is 9.10. The van der Waals surface area contributed by atoms with Gasteiger partial charge >= 0.3 is 0 Å². The zero-order valence-corrected chi connectivity index (χ0v) is 8.17. The van der Waals surface area contributed by atoms with Gasteiger partial charge < -0.3 is 5.73 Å². The molecule has 0 atom stereocenters. The molecule has 2 aromatic rings. The number of hydrogen-bond acceptors (Lipinski definition) is 3. The number of nitrogen functional groups attached to an aromatic ring is 1. The van der Waals surface area contributed by atoms with Crippen LogP contribution in [0.3, 0.4) is 0 Å². The van der Waals surface area contributed by atoms with E-state index in [1.165, 1.54) is 6.20 Å². The minimum Gasteiger partial charge on any atom is -0.382 e. The van der Waals surface area contributed by atoms with E-state index in [0.717, 1.165) is 4.60 Å². The molecule has 2 rings (SSSR count). The van der Waals surface area contributed by atoms with Crippen LogP contribution < -0.4 is 5.73 Å². The molecule has 6 heteroatoms. The molecule has 62 valence electrons. The maximum absolute atomic E-state index is 5.83. The van der Waals surface area contributed by atoms with Crippen molar-refractivity contribution >= 4 is 38.9 Å². The van der Waals surface area contributed by atoms with Crippen LogP contribution in [0.5, 0.6) is 0 Å². The van der Waals surface area contributed by atoms with Gasteiger partial charge in [-0.25, -0.2) is 9.50 Å². The van der Waals surface area contributed by atoms with E-state index >= 15 is 0 Å². The summed E-state index contributed by atoms with van der Waals surface area (Å²) in [7, 11) is 0.